The van der Waals surface area contributed by atoms with Gasteiger partial charge in [0.2, 0.25) is 5.91 Å². The topological polar surface area (TPSA) is 75.7 Å². The fourth-order valence-electron chi connectivity index (χ4n) is 3.22. The number of esters is 1. The Morgan fingerprint density at radius 2 is 1.85 bits per heavy atom. The van der Waals surface area contributed by atoms with Crippen molar-refractivity contribution in [2.45, 2.75) is 39.7 Å². The molecule has 1 aromatic carbocycles. The van der Waals surface area contributed by atoms with Crippen LogP contribution in [0.15, 0.2) is 24.3 Å². The Labute approximate surface area is 154 Å². The Morgan fingerprint density at radius 3 is 2.38 bits per heavy atom. The van der Waals surface area contributed by atoms with E-state index >= 15 is 0 Å². The standard InChI is InChI=1S/C20H28N2O4/c1-13(2)17(21-18(23)16-7-5-6-14(3)12-16)19(24)22-10-8-15(9-11-22)20(25)26-4/h5-7,12-13,15,17H,8-11H2,1-4H3,(H,21,23). The molecule has 0 spiro atoms. The Bertz CT molecular complexity index is 664. The SMILES string of the molecule is COC(=O)C1CCN(C(=O)C(NC(=O)c2cccc(C)c2)C(C)C)CC1. The zero-order valence-corrected chi connectivity index (χ0v) is 16.0. The first-order chi connectivity index (χ1) is 12.3. The van der Waals surface area contributed by atoms with E-state index in [9.17, 15) is 14.4 Å². The largest absolute Gasteiger partial charge is 0.469 e. The maximum absolute atomic E-state index is 12.9. The van der Waals surface area contributed by atoms with Crippen molar-refractivity contribution in [1.82, 2.24) is 10.2 Å². The summed E-state index contributed by atoms with van der Waals surface area (Å²) in [4.78, 5) is 38.8. The van der Waals surface area contributed by atoms with Crippen LogP contribution in [-0.2, 0) is 14.3 Å². The molecule has 1 fully saturated rings. The third-order valence-corrected chi connectivity index (χ3v) is 4.84. The number of methoxy groups -OCH3 is 1. The monoisotopic (exact) mass is 360 g/mol. The number of rotatable bonds is 5. The van der Waals surface area contributed by atoms with Crippen LogP contribution >= 0.6 is 0 Å². The second-order valence-corrected chi connectivity index (χ2v) is 7.19. The molecule has 1 unspecified atom stereocenters. The lowest BCUT2D eigenvalue weighted by Gasteiger charge is -2.34. The van der Waals surface area contributed by atoms with Gasteiger partial charge in [-0.3, -0.25) is 14.4 Å². The maximum atomic E-state index is 12.9. The van der Waals surface area contributed by atoms with Gasteiger partial charge in [-0.15, -0.1) is 0 Å². The third kappa shape index (κ3) is 4.84. The Hall–Kier alpha value is -2.37. The molecule has 0 saturated carbocycles. The number of ether oxygens (including phenoxy) is 1. The van der Waals surface area contributed by atoms with Crippen LogP contribution in [0.2, 0.25) is 0 Å². The lowest BCUT2D eigenvalue weighted by atomic mass is 9.95. The van der Waals surface area contributed by atoms with Crippen LogP contribution in [0.1, 0.15) is 42.6 Å². The van der Waals surface area contributed by atoms with E-state index in [1.165, 1.54) is 7.11 Å². The number of nitrogens with zero attached hydrogens (tertiary/aromatic N) is 1. The van der Waals surface area contributed by atoms with Gasteiger partial charge < -0.3 is 15.0 Å². The summed E-state index contributed by atoms with van der Waals surface area (Å²) in [5.41, 5.74) is 1.54. The summed E-state index contributed by atoms with van der Waals surface area (Å²) in [7, 11) is 1.38. The summed E-state index contributed by atoms with van der Waals surface area (Å²) in [6.45, 7) is 6.76. The highest BCUT2D eigenvalue weighted by atomic mass is 16.5. The van der Waals surface area contributed by atoms with Crippen molar-refractivity contribution in [3.63, 3.8) is 0 Å². The normalized spacial score (nSPS) is 16.3. The van der Waals surface area contributed by atoms with Crippen molar-refractivity contribution in [1.29, 1.82) is 0 Å². The van der Waals surface area contributed by atoms with E-state index in [0.29, 0.717) is 31.5 Å². The van der Waals surface area contributed by atoms with Crippen molar-refractivity contribution in [2.24, 2.45) is 11.8 Å². The number of carbonyl (C=O) groups is 3. The van der Waals surface area contributed by atoms with Crippen molar-refractivity contribution in [3.05, 3.63) is 35.4 Å². The van der Waals surface area contributed by atoms with Gasteiger partial charge in [0.05, 0.1) is 13.0 Å². The van der Waals surface area contributed by atoms with Crippen LogP contribution in [-0.4, -0.2) is 48.9 Å². The predicted octanol–water partition coefficient (Wildman–Crippen LogP) is 2.16. The van der Waals surface area contributed by atoms with Crippen LogP contribution in [0.25, 0.3) is 0 Å². The molecule has 1 N–H and O–H groups in total. The van der Waals surface area contributed by atoms with E-state index in [1.54, 1.807) is 17.0 Å². The molecule has 2 rings (SSSR count). The second-order valence-electron chi connectivity index (χ2n) is 7.19. The summed E-state index contributed by atoms with van der Waals surface area (Å²) >= 11 is 0. The molecule has 1 aliphatic heterocycles. The van der Waals surface area contributed by atoms with E-state index in [4.69, 9.17) is 4.74 Å². The molecule has 6 nitrogen and oxygen atoms in total. The quantitative estimate of drug-likeness (QED) is 0.817. The van der Waals surface area contributed by atoms with E-state index in [2.05, 4.69) is 5.32 Å². The van der Waals surface area contributed by atoms with Crippen LogP contribution in [0, 0.1) is 18.8 Å². The van der Waals surface area contributed by atoms with Gasteiger partial charge in [0.15, 0.2) is 0 Å². The molecule has 0 aliphatic carbocycles. The van der Waals surface area contributed by atoms with E-state index < -0.39 is 6.04 Å². The van der Waals surface area contributed by atoms with Gasteiger partial charge in [-0.2, -0.15) is 0 Å². The zero-order chi connectivity index (χ0) is 19.3. The van der Waals surface area contributed by atoms with Crippen molar-refractivity contribution in [2.75, 3.05) is 20.2 Å². The fraction of sp³-hybridized carbons (Fsp3) is 0.550. The smallest absolute Gasteiger partial charge is 0.308 e. The van der Waals surface area contributed by atoms with Crippen LogP contribution < -0.4 is 5.32 Å². The number of aryl methyl sites for hydroxylation is 1. The lowest BCUT2D eigenvalue weighted by Crippen LogP contribution is -2.53. The number of hydrogen-bond donors (Lipinski definition) is 1. The second kappa shape index (κ2) is 8.83. The van der Waals surface area contributed by atoms with Gasteiger partial charge in [-0.05, 0) is 37.8 Å². The van der Waals surface area contributed by atoms with Crippen LogP contribution in [0.3, 0.4) is 0 Å². The fourth-order valence-corrected chi connectivity index (χ4v) is 3.22. The lowest BCUT2D eigenvalue weighted by molar-refractivity contribution is -0.149. The van der Waals surface area contributed by atoms with E-state index in [-0.39, 0.29) is 29.6 Å². The summed E-state index contributed by atoms with van der Waals surface area (Å²) in [5, 5.41) is 2.88. The molecule has 1 atom stereocenters. The number of benzene rings is 1. The molecule has 6 heteroatoms. The van der Waals surface area contributed by atoms with Crippen molar-refractivity contribution in [3.8, 4) is 0 Å². The summed E-state index contributed by atoms with van der Waals surface area (Å²) in [5.74, 6) is -0.738. The Balaban J connectivity index is 2.02. The zero-order valence-electron chi connectivity index (χ0n) is 16.0. The van der Waals surface area contributed by atoms with Crippen LogP contribution in [0.5, 0.6) is 0 Å². The van der Waals surface area contributed by atoms with Gasteiger partial charge in [0.1, 0.15) is 6.04 Å². The van der Waals surface area contributed by atoms with Gasteiger partial charge in [-0.25, -0.2) is 0 Å². The number of piperidine rings is 1. The molecule has 1 heterocycles. The highest BCUT2D eigenvalue weighted by Crippen LogP contribution is 2.20. The average Bonchev–Trinajstić information content (AvgIpc) is 2.64. The van der Waals surface area contributed by atoms with Gasteiger partial charge in [-0.1, -0.05) is 31.5 Å². The first-order valence-corrected chi connectivity index (χ1v) is 9.07. The van der Waals surface area contributed by atoms with E-state index in [1.807, 2.05) is 32.9 Å². The molecule has 0 radical (unpaired) electrons. The van der Waals surface area contributed by atoms with Gasteiger partial charge in [0, 0.05) is 18.7 Å². The summed E-state index contributed by atoms with van der Waals surface area (Å²) in [6.07, 6.45) is 1.18. The number of hydrogen-bond acceptors (Lipinski definition) is 4. The summed E-state index contributed by atoms with van der Waals surface area (Å²) in [6, 6.07) is 6.71. The minimum absolute atomic E-state index is 0.0328. The molecule has 26 heavy (non-hydrogen) atoms. The van der Waals surface area contributed by atoms with E-state index in [0.717, 1.165) is 5.56 Å². The number of nitrogens with one attached hydrogen (secondary N) is 1. The molecule has 0 bridgehead atoms. The summed E-state index contributed by atoms with van der Waals surface area (Å²) < 4.78 is 4.78. The van der Waals surface area contributed by atoms with Crippen molar-refractivity contribution < 1.29 is 19.1 Å². The number of amides is 2. The predicted molar refractivity (Wildman–Crippen MR) is 98.6 cm³/mol. The molecular weight excluding hydrogens is 332 g/mol. The molecule has 2 amide bonds. The molecule has 0 aromatic heterocycles. The first kappa shape index (κ1) is 19.9. The van der Waals surface area contributed by atoms with Gasteiger partial charge >= 0.3 is 5.97 Å². The number of carbonyl (C=O) groups excluding carboxylic acids is 3. The van der Waals surface area contributed by atoms with Crippen LogP contribution in [0.4, 0.5) is 0 Å². The Morgan fingerprint density at radius 1 is 1.19 bits per heavy atom. The minimum atomic E-state index is -0.585. The third-order valence-electron chi connectivity index (χ3n) is 4.84. The van der Waals surface area contributed by atoms with Gasteiger partial charge in [0.25, 0.3) is 5.91 Å². The first-order valence-electron chi connectivity index (χ1n) is 9.07. The highest BCUT2D eigenvalue weighted by Gasteiger charge is 2.33. The maximum Gasteiger partial charge on any atom is 0.308 e. The van der Waals surface area contributed by atoms with Crippen molar-refractivity contribution >= 4 is 17.8 Å². The Kier molecular flexibility index (Phi) is 6.77. The molecule has 1 aliphatic rings. The molecule has 142 valence electrons. The molecule has 1 saturated heterocycles. The highest BCUT2D eigenvalue weighted by molar-refractivity contribution is 5.97. The average molecular weight is 360 g/mol. The minimum Gasteiger partial charge on any atom is -0.469 e. The molecular formula is C20H28N2O4. The number of likely N-dealkylation sites (tertiary alicyclic amines) is 1. The molecule has 1 aromatic rings.